The number of aromatic nitrogens is 1. The summed E-state index contributed by atoms with van der Waals surface area (Å²) >= 11 is 0. The smallest absolute Gasteiger partial charge is 0.364 e. The molecule has 0 bridgehead atoms. The van der Waals surface area contributed by atoms with E-state index in [9.17, 15) is 9.59 Å². The van der Waals surface area contributed by atoms with E-state index in [1.54, 1.807) is 12.1 Å². The van der Waals surface area contributed by atoms with Gasteiger partial charge in [-0.15, -0.1) is 0 Å². The summed E-state index contributed by atoms with van der Waals surface area (Å²) in [7, 11) is 0. The van der Waals surface area contributed by atoms with Crippen molar-refractivity contribution in [2.24, 2.45) is 0 Å². The van der Waals surface area contributed by atoms with E-state index in [1.165, 1.54) is 12.3 Å². The first-order chi connectivity index (χ1) is 6.24. The van der Waals surface area contributed by atoms with Gasteiger partial charge in [0.05, 0.1) is 0 Å². The van der Waals surface area contributed by atoms with Gasteiger partial charge in [-0.05, 0) is 12.1 Å². The van der Waals surface area contributed by atoms with Crippen molar-refractivity contribution in [2.75, 3.05) is 0 Å². The van der Waals surface area contributed by atoms with Crippen molar-refractivity contribution in [2.45, 2.75) is 0 Å². The zero-order chi connectivity index (χ0) is 9.68. The second-order valence-corrected chi connectivity index (χ2v) is 2.13. The fourth-order valence-corrected chi connectivity index (χ4v) is 0.669. The molecule has 4 nitrogen and oxygen atoms in total. The number of carbonyl (C=O) groups excluding carboxylic acids is 2. The molecule has 1 aromatic heterocycles. The van der Waals surface area contributed by atoms with Crippen molar-refractivity contribution < 1.29 is 14.3 Å². The summed E-state index contributed by atoms with van der Waals surface area (Å²) in [6, 6.07) is 4.74. The van der Waals surface area contributed by atoms with E-state index in [2.05, 4.69) is 16.3 Å². The van der Waals surface area contributed by atoms with Crippen LogP contribution in [0.4, 0.5) is 0 Å². The quantitative estimate of drug-likeness (QED) is 0.383. The first kappa shape index (κ1) is 9.12. The maximum absolute atomic E-state index is 11.1. The van der Waals surface area contributed by atoms with Crippen LogP contribution >= 0.6 is 0 Å². The van der Waals surface area contributed by atoms with Gasteiger partial charge in [0.25, 0.3) is 0 Å². The molecular weight excluding hydrogens is 170 g/mol. The third kappa shape index (κ3) is 2.52. The topological polar surface area (TPSA) is 56.3 Å². The van der Waals surface area contributed by atoms with E-state index in [-0.39, 0.29) is 5.69 Å². The summed E-state index contributed by atoms with van der Waals surface area (Å²) in [5.41, 5.74) is 0.0951. The van der Waals surface area contributed by atoms with E-state index in [4.69, 9.17) is 0 Å². The Morgan fingerprint density at radius 2 is 2.23 bits per heavy atom. The molecule has 0 fully saturated rings. The van der Waals surface area contributed by atoms with Gasteiger partial charge in [0.1, 0.15) is 5.69 Å². The third-order valence-electron chi connectivity index (χ3n) is 1.23. The predicted octanol–water partition coefficient (Wildman–Crippen LogP) is 0.951. The average molecular weight is 177 g/mol. The fraction of sp³-hybridized carbons (Fsp3) is 0. The molecule has 0 amide bonds. The molecule has 66 valence electrons. The molecule has 1 heterocycles. The van der Waals surface area contributed by atoms with Gasteiger partial charge in [0.15, 0.2) is 0 Å². The molecule has 0 saturated carbocycles. The van der Waals surface area contributed by atoms with Crippen molar-refractivity contribution in [1.82, 2.24) is 4.98 Å². The van der Waals surface area contributed by atoms with Crippen LogP contribution in [-0.4, -0.2) is 16.9 Å². The highest BCUT2D eigenvalue weighted by Crippen LogP contribution is 1.96. The molecule has 0 aliphatic carbocycles. The minimum Gasteiger partial charge on any atom is -0.385 e. The highest BCUT2D eigenvalue weighted by molar-refractivity contribution is 5.98. The number of carbonyl (C=O) groups is 2. The lowest BCUT2D eigenvalue weighted by Crippen LogP contribution is -2.11. The summed E-state index contributed by atoms with van der Waals surface area (Å²) in [4.78, 5) is 25.4. The normalized spacial score (nSPS) is 8.92. The fourth-order valence-electron chi connectivity index (χ4n) is 0.669. The van der Waals surface area contributed by atoms with Gasteiger partial charge < -0.3 is 4.74 Å². The number of hydrogen-bond donors (Lipinski definition) is 0. The molecule has 1 rings (SSSR count). The Balaban J connectivity index is 2.70. The zero-order valence-corrected chi connectivity index (χ0v) is 6.77. The number of esters is 2. The lowest BCUT2D eigenvalue weighted by molar-refractivity contribution is -0.132. The van der Waals surface area contributed by atoms with Gasteiger partial charge in [-0.3, -0.25) is 0 Å². The largest absolute Gasteiger partial charge is 0.385 e. The van der Waals surface area contributed by atoms with Crippen LogP contribution in [0, 0.1) is 0 Å². The van der Waals surface area contributed by atoms with E-state index in [0.29, 0.717) is 0 Å². The molecule has 0 aromatic carbocycles. The third-order valence-corrected chi connectivity index (χ3v) is 1.23. The van der Waals surface area contributed by atoms with Crippen LogP contribution in [0.5, 0.6) is 0 Å². The van der Waals surface area contributed by atoms with Crippen molar-refractivity contribution >= 4 is 11.9 Å². The molecule has 0 aliphatic heterocycles. The van der Waals surface area contributed by atoms with Gasteiger partial charge in [-0.2, -0.15) is 0 Å². The van der Waals surface area contributed by atoms with Crippen molar-refractivity contribution in [3.8, 4) is 0 Å². The number of nitrogens with zero attached hydrogens (tertiary/aromatic N) is 1. The predicted molar refractivity (Wildman–Crippen MR) is 44.9 cm³/mol. The van der Waals surface area contributed by atoms with E-state index >= 15 is 0 Å². The molecule has 0 spiro atoms. The standard InChI is InChI=1S/C9H7NO3/c1-2-8(11)13-9(12)7-5-3-4-6-10-7/h2-6H,1H2. The molecular formula is C9H7NO3. The van der Waals surface area contributed by atoms with Crippen molar-refractivity contribution in [1.29, 1.82) is 0 Å². The van der Waals surface area contributed by atoms with Gasteiger partial charge in [-0.1, -0.05) is 12.6 Å². The van der Waals surface area contributed by atoms with Crippen LogP contribution in [0.2, 0.25) is 0 Å². The van der Waals surface area contributed by atoms with E-state index < -0.39 is 11.9 Å². The number of hydrogen-bond acceptors (Lipinski definition) is 4. The average Bonchev–Trinajstić information content (AvgIpc) is 2.19. The summed E-state index contributed by atoms with van der Waals surface area (Å²) in [5.74, 6) is -1.55. The SMILES string of the molecule is C=CC(=O)OC(=O)c1ccccn1. The van der Waals surface area contributed by atoms with Crippen molar-refractivity contribution in [3.05, 3.63) is 42.7 Å². The second kappa shape index (κ2) is 4.15. The lowest BCUT2D eigenvalue weighted by Gasteiger charge is -1.97. The number of rotatable bonds is 2. The summed E-state index contributed by atoms with van der Waals surface area (Å²) in [5, 5.41) is 0. The molecule has 0 radical (unpaired) electrons. The van der Waals surface area contributed by atoms with Gasteiger partial charge in [0.2, 0.25) is 0 Å². The minimum absolute atomic E-state index is 0.0951. The molecule has 0 unspecified atom stereocenters. The maximum atomic E-state index is 11.1. The van der Waals surface area contributed by atoms with Crippen molar-refractivity contribution in [3.63, 3.8) is 0 Å². The molecule has 4 heteroatoms. The summed E-state index contributed by atoms with van der Waals surface area (Å²) in [6.45, 7) is 3.16. The Hall–Kier alpha value is -1.97. The Morgan fingerprint density at radius 3 is 2.77 bits per heavy atom. The molecule has 0 atom stereocenters. The van der Waals surface area contributed by atoms with Gasteiger partial charge in [0, 0.05) is 12.3 Å². The van der Waals surface area contributed by atoms with E-state index in [0.717, 1.165) is 6.08 Å². The first-order valence-electron chi connectivity index (χ1n) is 3.53. The van der Waals surface area contributed by atoms with Crippen LogP contribution in [0.1, 0.15) is 10.5 Å². The van der Waals surface area contributed by atoms with Gasteiger partial charge >= 0.3 is 11.9 Å². The first-order valence-corrected chi connectivity index (χ1v) is 3.53. The van der Waals surface area contributed by atoms with Crippen LogP contribution in [0.15, 0.2) is 37.1 Å². The summed E-state index contributed by atoms with van der Waals surface area (Å²) < 4.78 is 4.33. The summed E-state index contributed by atoms with van der Waals surface area (Å²) in [6.07, 6.45) is 2.36. The second-order valence-electron chi connectivity index (χ2n) is 2.13. The molecule has 0 N–H and O–H groups in total. The Bertz CT molecular complexity index is 332. The monoisotopic (exact) mass is 177 g/mol. The zero-order valence-electron chi connectivity index (χ0n) is 6.77. The van der Waals surface area contributed by atoms with Crippen LogP contribution in [0.3, 0.4) is 0 Å². The Kier molecular flexibility index (Phi) is 2.92. The molecule has 1 aromatic rings. The minimum atomic E-state index is -0.782. The maximum Gasteiger partial charge on any atom is 0.364 e. The highest BCUT2D eigenvalue weighted by atomic mass is 16.6. The number of ether oxygens (including phenoxy) is 1. The van der Waals surface area contributed by atoms with Gasteiger partial charge in [-0.25, -0.2) is 14.6 Å². The molecule has 13 heavy (non-hydrogen) atoms. The number of pyridine rings is 1. The lowest BCUT2D eigenvalue weighted by atomic mass is 10.3. The van der Waals surface area contributed by atoms with Crippen LogP contribution < -0.4 is 0 Å². The van der Waals surface area contributed by atoms with Crippen LogP contribution in [-0.2, 0) is 9.53 Å². The molecule has 0 saturated heterocycles. The highest BCUT2D eigenvalue weighted by Gasteiger charge is 2.10. The Labute approximate surface area is 74.9 Å². The molecule has 0 aliphatic rings. The Morgan fingerprint density at radius 1 is 1.46 bits per heavy atom. The van der Waals surface area contributed by atoms with E-state index in [1.807, 2.05) is 0 Å². The van der Waals surface area contributed by atoms with Crippen LogP contribution in [0.25, 0.3) is 0 Å².